The van der Waals surface area contributed by atoms with Gasteiger partial charge in [0.2, 0.25) is 5.76 Å². The van der Waals surface area contributed by atoms with Gasteiger partial charge in [-0.25, -0.2) is 0 Å². The van der Waals surface area contributed by atoms with Crippen molar-refractivity contribution in [3.8, 4) is 11.1 Å². The van der Waals surface area contributed by atoms with Crippen LogP contribution in [0.25, 0.3) is 27.9 Å². The molecule has 0 saturated carbocycles. The molecule has 0 atom stereocenters. The summed E-state index contributed by atoms with van der Waals surface area (Å²) < 4.78 is 45.2. The van der Waals surface area contributed by atoms with Crippen LogP contribution in [0.1, 0.15) is 53.3 Å². The maximum absolute atomic E-state index is 13.3. The highest BCUT2D eigenvalue weighted by Crippen LogP contribution is 2.35. The van der Waals surface area contributed by atoms with Crippen LogP contribution < -0.4 is 0 Å². The van der Waals surface area contributed by atoms with E-state index in [4.69, 9.17) is 4.42 Å². The second-order valence-corrected chi connectivity index (χ2v) is 11.3. The summed E-state index contributed by atoms with van der Waals surface area (Å²) in [6, 6.07) is 21.1. The molecular formula is C35H32F3N3O3. The van der Waals surface area contributed by atoms with Crippen molar-refractivity contribution in [1.29, 1.82) is 0 Å². The molecule has 226 valence electrons. The fourth-order valence-corrected chi connectivity index (χ4v) is 5.10. The van der Waals surface area contributed by atoms with E-state index in [1.807, 2.05) is 67.3 Å². The molecule has 5 aromatic rings. The summed E-state index contributed by atoms with van der Waals surface area (Å²) in [5.41, 5.74) is 6.69. The molecule has 0 aliphatic heterocycles. The number of benzene rings is 2. The Morgan fingerprint density at radius 2 is 1.68 bits per heavy atom. The van der Waals surface area contributed by atoms with E-state index in [2.05, 4.69) is 16.5 Å². The summed E-state index contributed by atoms with van der Waals surface area (Å²) in [4.78, 5) is 22.9. The number of rotatable bonds is 9. The van der Waals surface area contributed by atoms with Crippen molar-refractivity contribution in [2.75, 3.05) is 0 Å². The van der Waals surface area contributed by atoms with Gasteiger partial charge < -0.3 is 14.4 Å². The summed E-state index contributed by atoms with van der Waals surface area (Å²) in [5.74, 6) is -1.82. The number of alkyl halides is 3. The Morgan fingerprint density at radius 3 is 2.34 bits per heavy atom. The molecule has 1 N–H and O–H groups in total. The van der Waals surface area contributed by atoms with E-state index in [1.165, 1.54) is 6.07 Å². The molecule has 0 spiro atoms. The summed E-state index contributed by atoms with van der Waals surface area (Å²) in [7, 11) is 0. The molecule has 0 bridgehead atoms. The van der Waals surface area contributed by atoms with E-state index < -0.39 is 23.3 Å². The smallest absolute Gasteiger partial charge is 0.449 e. The Bertz CT molecular complexity index is 1860. The molecule has 0 radical (unpaired) electrons. The van der Waals surface area contributed by atoms with E-state index in [-0.39, 0.29) is 12.3 Å². The monoisotopic (exact) mass is 599 g/mol. The Labute approximate surface area is 253 Å². The largest absolute Gasteiger partial charge is 0.481 e. The summed E-state index contributed by atoms with van der Waals surface area (Å²) in [5, 5.41) is 9.66. The molecule has 0 aliphatic rings. The molecule has 0 amide bonds. The van der Waals surface area contributed by atoms with Crippen LogP contribution in [-0.2, 0) is 29.5 Å². The fourth-order valence-electron chi connectivity index (χ4n) is 5.10. The third-order valence-corrected chi connectivity index (χ3v) is 7.97. The van der Waals surface area contributed by atoms with Crippen molar-refractivity contribution in [2.24, 2.45) is 0 Å². The van der Waals surface area contributed by atoms with Crippen molar-refractivity contribution in [3.05, 3.63) is 125 Å². The van der Waals surface area contributed by atoms with Gasteiger partial charge in [0.05, 0.1) is 23.0 Å². The zero-order chi connectivity index (χ0) is 31.8. The van der Waals surface area contributed by atoms with Gasteiger partial charge in [-0.05, 0) is 79.8 Å². The SMILES string of the molecule is C=C(c1c(C)c(C)nc2cccnc12)N(Cc1ccc(-c2cccc(C(C)(C)C(=O)O)c2)cc1)Cc1ccc(C(F)(F)F)o1. The van der Waals surface area contributed by atoms with E-state index in [1.54, 1.807) is 32.2 Å². The van der Waals surface area contributed by atoms with E-state index >= 15 is 0 Å². The lowest BCUT2D eigenvalue weighted by molar-refractivity contribution is -0.153. The first kappa shape index (κ1) is 30.5. The molecule has 3 aromatic heterocycles. The molecular weight excluding hydrogens is 567 g/mol. The van der Waals surface area contributed by atoms with Crippen molar-refractivity contribution < 1.29 is 27.5 Å². The molecule has 5 rings (SSSR count). The van der Waals surface area contributed by atoms with Crippen molar-refractivity contribution >= 4 is 22.7 Å². The van der Waals surface area contributed by atoms with Gasteiger partial charge in [-0.2, -0.15) is 13.2 Å². The predicted molar refractivity (Wildman–Crippen MR) is 164 cm³/mol. The van der Waals surface area contributed by atoms with Crippen LogP contribution in [0, 0.1) is 13.8 Å². The van der Waals surface area contributed by atoms with Crippen LogP contribution in [0.2, 0.25) is 0 Å². The van der Waals surface area contributed by atoms with Gasteiger partial charge in [-0.3, -0.25) is 14.8 Å². The Kier molecular flexibility index (Phi) is 8.07. The highest BCUT2D eigenvalue weighted by Gasteiger charge is 2.35. The van der Waals surface area contributed by atoms with Gasteiger partial charge in [0.25, 0.3) is 0 Å². The number of halogens is 3. The van der Waals surface area contributed by atoms with Crippen molar-refractivity contribution in [3.63, 3.8) is 0 Å². The van der Waals surface area contributed by atoms with Gasteiger partial charge >= 0.3 is 12.1 Å². The summed E-state index contributed by atoms with van der Waals surface area (Å²) >= 11 is 0. The number of carboxylic acids is 1. The fraction of sp³-hybridized carbons (Fsp3) is 0.229. The van der Waals surface area contributed by atoms with Gasteiger partial charge in [0, 0.05) is 29.7 Å². The van der Waals surface area contributed by atoms with Gasteiger partial charge in [0.15, 0.2) is 0 Å². The first-order valence-corrected chi connectivity index (χ1v) is 14.0. The van der Waals surface area contributed by atoms with Crippen molar-refractivity contribution in [2.45, 2.75) is 52.4 Å². The molecule has 44 heavy (non-hydrogen) atoms. The molecule has 0 unspecified atom stereocenters. The number of nitrogens with zero attached hydrogens (tertiary/aromatic N) is 3. The average Bonchev–Trinajstić information content (AvgIpc) is 3.47. The maximum Gasteiger partial charge on any atom is 0.449 e. The summed E-state index contributed by atoms with van der Waals surface area (Å²) in [6.07, 6.45) is -2.92. The topological polar surface area (TPSA) is 79.5 Å². The number of hydrogen-bond donors (Lipinski definition) is 1. The van der Waals surface area contributed by atoms with Gasteiger partial charge in [0.1, 0.15) is 5.76 Å². The molecule has 6 nitrogen and oxygen atoms in total. The number of furan rings is 1. The number of carbonyl (C=O) groups is 1. The second kappa shape index (κ2) is 11.6. The van der Waals surface area contributed by atoms with Crippen LogP contribution in [0.3, 0.4) is 0 Å². The lowest BCUT2D eigenvalue weighted by atomic mass is 9.83. The Morgan fingerprint density at radius 1 is 0.955 bits per heavy atom. The second-order valence-electron chi connectivity index (χ2n) is 11.3. The van der Waals surface area contributed by atoms with E-state index in [9.17, 15) is 23.1 Å². The maximum atomic E-state index is 13.3. The lowest BCUT2D eigenvalue weighted by Crippen LogP contribution is -2.28. The molecule has 0 aliphatic carbocycles. The van der Waals surface area contributed by atoms with Crippen molar-refractivity contribution in [1.82, 2.24) is 14.9 Å². The van der Waals surface area contributed by atoms with Crippen LogP contribution in [0.4, 0.5) is 13.2 Å². The third-order valence-electron chi connectivity index (χ3n) is 7.97. The number of aryl methyl sites for hydroxylation is 1. The van der Waals surface area contributed by atoms with Gasteiger partial charge in [-0.1, -0.05) is 55.1 Å². The summed E-state index contributed by atoms with van der Waals surface area (Å²) in [6.45, 7) is 11.9. The average molecular weight is 600 g/mol. The Hall–Kier alpha value is -4.92. The number of hydrogen-bond acceptors (Lipinski definition) is 5. The number of pyridine rings is 2. The zero-order valence-electron chi connectivity index (χ0n) is 24.9. The highest BCUT2D eigenvalue weighted by atomic mass is 19.4. The number of carboxylic acid groups (broad SMARTS) is 1. The van der Waals surface area contributed by atoms with E-state index in [0.29, 0.717) is 28.8 Å². The minimum Gasteiger partial charge on any atom is -0.481 e. The first-order chi connectivity index (χ1) is 20.8. The van der Waals surface area contributed by atoms with Crippen LogP contribution in [0.15, 0.2) is 90.0 Å². The zero-order valence-corrected chi connectivity index (χ0v) is 24.9. The predicted octanol–water partition coefficient (Wildman–Crippen LogP) is 8.56. The van der Waals surface area contributed by atoms with Gasteiger partial charge in [-0.15, -0.1) is 0 Å². The highest BCUT2D eigenvalue weighted by molar-refractivity contribution is 5.89. The van der Waals surface area contributed by atoms with Crippen LogP contribution in [-0.4, -0.2) is 25.9 Å². The standard InChI is InChI=1S/C35H32F3N3O3/c1-21-22(2)40-29-10-7-17-39-32(29)31(21)23(3)41(20-28-15-16-30(44-28)35(36,37)38)19-24-11-13-25(14-12-24)26-8-6-9-27(18-26)34(4,5)33(42)43/h6-18H,3,19-20H2,1-2,4-5H3,(H,42,43). The molecule has 0 fully saturated rings. The third kappa shape index (κ3) is 6.08. The lowest BCUT2D eigenvalue weighted by Gasteiger charge is -2.28. The molecule has 9 heteroatoms. The molecule has 0 saturated heterocycles. The number of fused-ring (bicyclic) bond motifs is 1. The quantitative estimate of drug-likeness (QED) is 0.183. The number of aromatic nitrogens is 2. The molecule has 3 heterocycles. The number of aliphatic carboxylic acids is 1. The first-order valence-electron chi connectivity index (χ1n) is 14.0. The van der Waals surface area contributed by atoms with Crippen LogP contribution >= 0.6 is 0 Å². The normalized spacial score (nSPS) is 12.0. The Balaban J connectivity index is 1.50. The van der Waals surface area contributed by atoms with Crippen LogP contribution in [0.5, 0.6) is 0 Å². The minimum atomic E-state index is -4.59. The minimum absolute atomic E-state index is 0.0398. The van der Waals surface area contributed by atoms with E-state index in [0.717, 1.165) is 39.6 Å². The molecule has 2 aromatic carbocycles.